The first-order valence-electron chi connectivity index (χ1n) is 3.74. The smallest absolute Gasteiger partial charge is 0.150 e. The number of hydrogen-bond donors (Lipinski definition) is 2. The molecule has 0 radical (unpaired) electrons. The maximum absolute atomic E-state index is 5.31. The van der Waals surface area contributed by atoms with Crippen molar-refractivity contribution in [2.24, 2.45) is 5.73 Å². The molecular formula is C7H13N3O. The van der Waals surface area contributed by atoms with Crippen molar-refractivity contribution in [2.45, 2.75) is 13.0 Å². The Hall–Kier alpha value is -0.870. The highest BCUT2D eigenvalue weighted by atomic mass is 16.5. The number of hydrogen-bond acceptors (Lipinski definition) is 4. The second kappa shape index (κ2) is 4.87. The molecule has 1 aromatic rings. The minimum atomic E-state index is 0.726. The van der Waals surface area contributed by atoms with E-state index in [4.69, 9.17) is 10.3 Å². The Bertz CT molecular complexity index is 174. The maximum atomic E-state index is 5.31. The molecule has 0 saturated heterocycles. The number of aromatic nitrogens is 1. The predicted molar refractivity (Wildman–Crippen MR) is 41.9 cm³/mol. The Morgan fingerprint density at radius 3 is 3.18 bits per heavy atom. The van der Waals surface area contributed by atoms with E-state index < -0.39 is 0 Å². The van der Waals surface area contributed by atoms with E-state index in [2.05, 4.69) is 10.5 Å². The van der Waals surface area contributed by atoms with Crippen molar-refractivity contribution in [3.63, 3.8) is 0 Å². The van der Waals surface area contributed by atoms with Crippen LogP contribution < -0.4 is 11.1 Å². The highest BCUT2D eigenvalue weighted by molar-refractivity contribution is 4.91. The molecule has 0 atom stereocenters. The summed E-state index contributed by atoms with van der Waals surface area (Å²) in [5.74, 6) is 0.863. The lowest BCUT2D eigenvalue weighted by molar-refractivity contribution is 0.373. The summed E-state index contributed by atoms with van der Waals surface area (Å²) in [5.41, 5.74) is 5.31. The molecule has 0 aromatic carbocycles. The fraction of sp³-hybridized carbons (Fsp3) is 0.571. The normalized spacial score (nSPS) is 10.3. The summed E-state index contributed by atoms with van der Waals surface area (Å²) in [6.45, 7) is 2.39. The molecule has 0 aliphatic rings. The second-order valence-corrected chi connectivity index (χ2v) is 2.30. The summed E-state index contributed by atoms with van der Waals surface area (Å²) in [5, 5.41) is 6.76. The Balaban J connectivity index is 2.04. The molecule has 4 nitrogen and oxygen atoms in total. The first-order chi connectivity index (χ1) is 5.43. The average molecular weight is 155 g/mol. The molecule has 0 unspecified atom stereocenters. The zero-order chi connectivity index (χ0) is 7.94. The van der Waals surface area contributed by atoms with E-state index in [0.717, 1.165) is 31.8 Å². The third kappa shape index (κ3) is 3.15. The molecule has 0 amide bonds. The zero-order valence-electron chi connectivity index (χ0n) is 6.42. The van der Waals surface area contributed by atoms with Gasteiger partial charge in [0.25, 0.3) is 0 Å². The van der Waals surface area contributed by atoms with Gasteiger partial charge >= 0.3 is 0 Å². The standard InChI is InChI=1S/C7H13N3O/c8-3-1-4-9-6-7-2-5-10-11-7/h2,5,9H,1,3-4,6,8H2. The number of nitrogens with two attached hydrogens (primary N) is 1. The van der Waals surface area contributed by atoms with Gasteiger partial charge in [-0.25, -0.2) is 0 Å². The third-order valence-electron chi connectivity index (χ3n) is 1.35. The van der Waals surface area contributed by atoms with Crippen molar-refractivity contribution >= 4 is 0 Å². The monoisotopic (exact) mass is 155 g/mol. The summed E-state index contributed by atoms with van der Waals surface area (Å²) < 4.78 is 4.87. The number of nitrogens with zero attached hydrogens (tertiary/aromatic N) is 1. The Morgan fingerprint density at radius 1 is 1.64 bits per heavy atom. The molecule has 1 heterocycles. The van der Waals surface area contributed by atoms with Gasteiger partial charge in [-0.15, -0.1) is 0 Å². The Morgan fingerprint density at radius 2 is 2.55 bits per heavy atom. The van der Waals surface area contributed by atoms with Gasteiger partial charge in [-0.2, -0.15) is 0 Å². The second-order valence-electron chi connectivity index (χ2n) is 2.30. The van der Waals surface area contributed by atoms with Crippen LogP contribution in [-0.4, -0.2) is 18.2 Å². The fourth-order valence-electron chi connectivity index (χ4n) is 0.772. The van der Waals surface area contributed by atoms with Crippen molar-refractivity contribution in [1.29, 1.82) is 0 Å². The molecule has 0 aliphatic heterocycles. The van der Waals surface area contributed by atoms with Crippen molar-refractivity contribution < 1.29 is 4.52 Å². The minimum absolute atomic E-state index is 0.726. The molecule has 1 rings (SSSR count). The van der Waals surface area contributed by atoms with Gasteiger partial charge in [0.05, 0.1) is 12.7 Å². The SMILES string of the molecule is NCCCNCc1ccno1. The fourth-order valence-corrected chi connectivity index (χ4v) is 0.772. The van der Waals surface area contributed by atoms with Gasteiger partial charge in [0.1, 0.15) is 5.76 Å². The van der Waals surface area contributed by atoms with E-state index in [-0.39, 0.29) is 0 Å². The minimum Gasteiger partial charge on any atom is -0.360 e. The van der Waals surface area contributed by atoms with E-state index in [1.165, 1.54) is 0 Å². The molecule has 11 heavy (non-hydrogen) atoms. The molecule has 4 heteroatoms. The number of rotatable bonds is 5. The van der Waals surface area contributed by atoms with Gasteiger partial charge in [0.2, 0.25) is 0 Å². The molecular weight excluding hydrogens is 142 g/mol. The van der Waals surface area contributed by atoms with Crippen LogP contribution >= 0.6 is 0 Å². The lowest BCUT2D eigenvalue weighted by Gasteiger charge is -1.98. The maximum Gasteiger partial charge on any atom is 0.150 e. The molecule has 62 valence electrons. The van der Waals surface area contributed by atoms with Crippen LogP contribution in [0.2, 0.25) is 0 Å². The first kappa shape index (κ1) is 8.23. The molecule has 0 aliphatic carbocycles. The molecule has 0 spiro atoms. The van der Waals surface area contributed by atoms with E-state index in [1.807, 2.05) is 6.07 Å². The zero-order valence-corrected chi connectivity index (χ0v) is 6.42. The topological polar surface area (TPSA) is 64.1 Å². The molecule has 1 aromatic heterocycles. The number of nitrogens with one attached hydrogen (secondary N) is 1. The molecule has 0 fully saturated rings. The Labute approximate surface area is 65.7 Å². The summed E-state index contributed by atoms with van der Waals surface area (Å²) in [6, 6.07) is 1.84. The summed E-state index contributed by atoms with van der Waals surface area (Å²) in [6.07, 6.45) is 2.63. The molecule has 3 N–H and O–H groups in total. The molecule has 0 bridgehead atoms. The highest BCUT2D eigenvalue weighted by Gasteiger charge is 1.93. The highest BCUT2D eigenvalue weighted by Crippen LogP contribution is 1.94. The van der Waals surface area contributed by atoms with Crippen LogP contribution in [0.15, 0.2) is 16.8 Å². The largest absolute Gasteiger partial charge is 0.360 e. The van der Waals surface area contributed by atoms with Crippen LogP contribution in [-0.2, 0) is 6.54 Å². The first-order valence-corrected chi connectivity index (χ1v) is 3.74. The van der Waals surface area contributed by atoms with Crippen molar-refractivity contribution in [3.8, 4) is 0 Å². The van der Waals surface area contributed by atoms with Gasteiger partial charge in [0.15, 0.2) is 0 Å². The van der Waals surface area contributed by atoms with Crippen molar-refractivity contribution in [2.75, 3.05) is 13.1 Å². The summed E-state index contributed by atoms with van der Waals surface area (Å²) in [7, 11) is 0. The van der Waals surface area contributed by atoms with Crippen LogP contribution in [0.1, 0.15) is 12.2 Å². The third-order valence-corrected chi connectivity index (χ3v) is 1.35. The van der Waals surface area contributed by atoms with Crippen LogP contribution in [0.3, 0.4) is 0 Å². The van der Waals surface area contributed by atoms with Crippen molar-refractivity contribution in [1.82, 2.24) is 10.5 Å². The lowest BCUT2D eigenvalue weighted by atomic mass is 10.4. The average Bonchev–Trinajstić information content (AvgIpc) is 2.50. The predicted octanol–water partition coefficient (Wildman–Crippen LogP) is 0.113. The lowest BCUT2D eigenvalue weighted by Crippen LogP contribution is -2.17. The van der Waals surface area contributed by atoms with Crippen LogP contribution in [0.5, 0.6) is 0 Å². The van der Waals surface area contributed by atoms with E-state index >= 15 is 0 Å². The summed E-state index contributed by atoms with van der Waals surface area (Å²) in [4.78, 5) is 0. The molecule has 0 saturated carbocycles. The van der Waals surface area contributed by atoms with Crippen LogP contribution in [0.4, 0.5) is 0 Å². The van der Waals surface area contributed by atoms with Crippen LogP contribution in [0, 0.1) is 0 Å². The van der Waals surface area contributed by atoms with Crippen molar-refractivity contribution in [3.05, 3.63) is 18.0 Å². The van der Waals surface area contributed by atoms with E-state index in [0.29, 0.717) is 0 Å². The van der Waals surface area contributed by atoms with Crippen LogP contribution in [0.25, 0.3) is 0 Å². The quantitative estimate of drug-likeness (QED) is 0.592. The van der Waals surface area contributed by atoms with Gasteiger partial charge in [-0.05, 0) is 19.5 Å². The van der Waals surface area contributed by atoms with Gasteiger partial charge in [0, 0.05) is 6.07 Å². The van der Waals surface area contributed by atoms with E-state index in [9.17, 15) is 0 Å². The van der Waals surface area contributed by atoms with Gasteiger partial charge < -0.3 is 15.6 Å². The summed E-state index contributed by atoms with van der Waals surface area (Å²) >= 11 is 0. The Kier molecular flexibility index (Phi) is 3.64. The van der Waals surface area contributed by atoms with E-state index in [1.54, 1.807) is 6.20 Å². The van der Waals surface area contributed by atoms with Gasteiger partial charge in [-0.3, -0.25) is 0 Å². The van der Waals surface area contributed by atoms with Gasteiger partial charge in [-0.1, -0.05) is 5.16 Å².